The van der Waals surface area contributed by atoms with Crippen LogP contribution in [0.5, 0.6) is 11.5 Å². The molecule has 0 fully saturated rings. The molecule has 0 spiro atoms. The van der Waals surface area contributed by atoms with E-state index in [0.717, 1.165) is 22.6 Å². The van der Waals surface area contributed by atoms with E-state index in [1.54, 1.807) is 6.92 Å². The molecule has 0 unspecified atom stereocenters. The average molecular weight is 313 g/mol. The van der Waals surface area contributed by atoms with E-state index in [-0.39, 0.29) is 5.91 Å². The number of aryl methyl sites for hydroxylation is 1. The molecule has 0 radical (unpaired) electrons. The molecule has 0 aliphatic heterocycles. The molecule has 2 aromatic carbocycles. The lowest BCUT2D eigenvalue weighted by atomic mass is 10.1. The summed E-state index contributed by atoms with van der Waals surface area (Å²) in [5.74, 6) is 1.39. The maximum Gasteiger partial charge on any atom is 0.260 e. The molecule has 122 valence electrons. The topological polar surface area (TPSA) is 47.6 Å². The van der Waals surface area contributed by atoms with Crippen LogP contribution in [0, 0.1) is 13.8 Å². The first-order valence-electron chi connectivity index (χ1n) is 7.76. The quantitative estimate of drug-likeness (QED) is 0.798. The number of para-hydroxylation sites is 1. The van der Waals surface area contributed by atoms with Crippen molar-refractivity contribution in [2.75, 3.05) is 13.2 Å². The summed E-state index contributed by atoms with van der Waals surface area (Å²) in [7, 11) is 0. The minimum atomic E-state index is -0.549. The van der Waals surface area contributed by atoms with Gasteiger partial charge < -0.3 is 14.8 Å². The van der Waals surface area contributed by atoms with Crippen molar-refractivity contribution in [1.29, 1.82) is 0 Å². The highest BCUT2D eigenvalue weighted by molar-refractivity contribution is 5.80. The molecule has 23 heavy (non-hydrogen) atoms. The van der Waals surface area contributed by atoms with Crippen molar-refractivity contribution in [1.82, 2.24) is 5.32 Å². The molecule has 1 amide bonds. The molecule has 0 saturated carbocycles. The lowest BCUT2D eigenvalue weighted by Crippen LogP contribution is -2.38. The van der Waals surface area contributed by atoms with E-state index < -0.39 is 6.10 Å². The number of rotatable bonds is 7. The van der Waals surface area contributed by atoms with Gasteiger partial charge in [-0.2, -0.15) is 0 Å². The van der Waals surface area contributed by atoms with E-state index >= 15 is 0 Å². The molecule has 0 bridgehead atoms. The van der Waals surface area contributed by atoms with Crippen LogP contribution in [0.3, 0.4) is 0 Å². The second-order valence-electron chi connectivity index (χ2n) is 5.41. The van der Waals surface area contributed by atoms with Gasteiger partial charge in [0.1, 0.15) is 18.1 Å². The minimum absolute atomic E-state index is 0.150. The first kappa shape index (κ1) is 16.9. The molecule has 1 N–H and O–H groups in total. The molecule has 0 aliphatic rings. The van der Waals surface area contributed by atoms with Gasteiger partial charge in [0, 0.05) is 0 Å². The molecule has 2 rings (SSSR count). The van der Waals surface area contributed by atoms with Crippen molar-refractivity contribution in [3.8, 4) is 11.5 Å². The summed E-state index contributed by atoms with van der Waals surface area (Å²) in [5, 5.41) is 2.82. The smallest absolute Gasteiger partial charge is 0.260 e. The third kappa shape index (κ3) is 5.02. The van der Waals surface area contributed by atoms with Crippen LogP contribution in [0.2, 0.25) is 0 Å². The van der Waals surface area contributed by atoms with Gasteiger partial charge >= 0.3 is 0 Å². The van der Waals surface area contributed by atoms with E-state index in [1.807, 2.05) is 62.4 Å². The molecule has 0 saturated heterocycles. The number of ether oxygens (including phenoxy) is 2. The Bertz CT molecular complexity index is 640. The van der Waals surface area contributed by atoms with Gasteiger partial charge in [0.05, 0.1) is 6.54 Å². The second kappa shape index (κ2) is 8.22. The Labute approximate surface area is 137 Å². The van der Waals surface area contributed by atoms with Crippen LogP contribution >= 0.6 is 0 Å². The van der Waals surface area contributed by atoms with Crippen LogP contribution in [-0.4, -0.2) is 25.2 Å². The summed E-state index contributed by atoms with van der Waals surface area (Å²) in [6, 6.07) is 15.3. The van der Waals surface area contributed by atoms with E-state index in [2.05, 4.69) is 5.32 Å². The second-order valence-corrected chi connectivity index (χ2v) is 5.41. The maximum absolute atomic E-state index is 12.1. The van der Waals surface area contributed by atoms with Crippen molar-refractivity contribution >= 4 is 5.91 Å². The van der Waals surface area contributed by atoms with Crippen LogP contribution in [0.1, 0.15) is 18.1 Å². The predicted molar refractivity (Wildman–Crippen MR) is 91.0 cm³/mol. The van der Waals surface area contributed by atoms with Gasteiger partial charge in [-0.3, -0.25) is 4.79 Å². The van der Waals surface area contributed by atoms with Crippen molar-refractivity contribution in [2.24, 2.45) is 0 Å². The summed E-state index contributed by atoms with van der Waals surface area (Å²) in [6.07, 6.45) is -0.549. The number of benzene rings is 2. The maximum atomic E-state index is 12.1. The standard InChI is InChI=1S/C19H23NO3/c1-14-8-7-11-18(15(14)2)23-16(3)19(21)20-12-13-22-17-9-5-4-6-10-17/h4-11,16H,12-13H2,1-3H3,(H,20,21)/t16-/m0/s1. The lowest BCUT2D eigenvalue weighted by molar-refractivity contribution is -0.127. The van der Waals surface area contributed by atoms with Crippen molar-refractivity contribution < 1.29 is 14.3 Å². The van der Waals surface area contributed by atoms with E-state index in [9.17, 15) is 4.79 Å². The Hall–Kier alpha value is -2.49. The molecule has 2 aromatic rings. The number of carbonyl (C=O) groups is 1. The van der Waals surface area contributed by atoms with Gasteiger partial charge in [-0.15, -0.1) is 0 Å². The average Bonchev–Trinajstić information content (AvgIpc) is 2.56. The summed E-state index contributed by atoms with van der Waals surface area (Å²) in [6.45, 7) is 6.62. The van der Waals surface area contributed by atoms with Crippen LogP contribution in [-0.2, 0) is 4.79 Å². The van der Waals surface area contributed by atoms with Crippen LogP contribution in [0.25, 0.3) is 0 Å². The van der Waals surface area contributed by atoms with Gasteiger partial charge in [0.25, 0.3) is 5.91 Å². The van der Waals surface area contributed by atoms with Crippen LogP contribution in [0.4, 0.5) is 0 Å². The summed E-state index contributed by atoms with van der Waals surface area (Å²) in [5.41, 5.74) is 2.20. The Morgan fingerprint density at radius 1 is 1.09 bits per heavy atom. The number of nitrogens with one attached hydrogen (secondary N) is 1. The fraction of sp³-hybridized carbons (Fsp3) is 0.316. The molecular weight excluding hydrogens is 290 g/mol. The summed E-state index contributed by atoms with van der Waals surface area (Å²) >= 11 is 0. The molecule has 4 heteroatoms. The fourth-order valence-electron chi connectivity index (χ4n) is 2.10. The van der Waals surface area contributed by atoms with E-state index in [4.69, 9.17) is 9.47 Å². The number of carbonyl (C=O) groups excluding carboxylic acids is 1. The van der Waals surface area contributed by atoms with Crippen molar-refractivity contribution in [2.45, 2.75) is 26.9 Å². The SMILES string of the molecule is Cc1cccc(O[C@@H](C)C(=O)NCCOc2ccccc2)c1C. The van der Waals surface area contributed by atoms with Crippen LogP contribution < -0.4 is 14.8 Å². The molecule has 1 atom stereocenters. The molecule has 4 nitrogen and oxygen atoms in total. The highest BCUT2D eigenvalue weighted by Gasteiger charge is 2.15. The fourth-order valence-corrected chi connectivity index (χ4v) is 2.10. The van der Waals surface area contributed by atoms with E-state index in [1.165, 1.54) is 0 Å². The first-order valence-corrected chi connectivity index (χ1v) is 7.76. The van der Waals surface area contributed by atoms with Crippen LogP contribution in [0.15, 0.2) is 48.5 Å². The van der Waals surface area contributed by atoms with Gasteiger partial charge in [-0.1, -0.05) is 30.3 Å². The number of amides is 1. The van der Waals surface area contributed by atoms with E-state index in [0.29, 0.717) is 13.2 Å². The minimum Gasteiger partial charge on any atom is -0.492 e. The number of hydrogen-bond donors (Lipinski definition) is 1. The highest BCUT2D eigenvalue weighted by Crippen LogP contribution is 2.21. The Morgan fingerprint density at radius 2 is 1.83 bits per heavy atom. The van der Waals surface area contributed by atoms with Crippen molar-refractivity contribution in [3.63, 3.8) is 0 Å². The number of hydrogen-bond acceptors (Lipinski definition) is 3. The molecule has 0 heterocycles. The van der Waals surface area contributed by atoms with Gasteiger partial charge in [0.15, 0.2) is 6.10 Å². The van der Waals surface area contributed by atoms with Gasteiger partial charge in [-0.05, 0) is 50.1 Å². The highest BCUT2D eigenvalue weighted by atomic mass is 16.5. The van der Waals surface area contributed by atoms with Crippen molar-refractivity contribution in [3.05, 3.63) is 59.7 Å². The molecule has 0 aromatic heterocycles. The monoisotopic (exact) mass is 313 g/mol. The third-order valence-corrected chi connectivity index (χ3v) is 3.64. The van der Waals surface area contributed by atoms with Gasteiger partial charge in [-0.25, -0.2) is 0 Å². The molecule has 0 aliphatic carbocycles. The Kier molecular flexibility index (Phi) is 6.03. The largest absolute Gasteiger partial charge is 0.492 e. The zero-order valence-electron chi connectivity index (χ0n) is 13.8. The normalized spacial score (nSPS) is 11.6. The lowest BCUT2D eigenvalue weighted by Gasteiger charge is -2.17. The predicted octanol–water partition coefficient (Wildman–Crippen LogP) is 3.27. The Morgan fingerprint density at radius 3 is 2.57 bits per heavy atom. The van der Waals surface area contributed by atoms with Gasteiger partial charge in [0.2, 0.25) is 0 Å². The summed E-state index contributed by atoms with van der Waals surface area (Å²) in [4.78, 5) is 12.1. The molecular formula is C19H23NO3. The first-order chi connectivity index (χ1) is 11.1. The summed E-state index contributed by atoms with van der Waals surface area (Å²) < 4.78 is 11.3. The Balaban J connectivity index is 1.75. The zero-order valence-corrected chi connectivity index (χ0v) is 13.8. The third-order valence-electron chi connectivity index (χ3n) is 3.64. The zero-order chi connectivity index (χ0) is 16.7.